The third-order valence-electron chi connectivity index (χ3n) is 3.19. The average Bonchev–Trinajstić information content (AvgIpc) is 2.92. The number of hydrogen-bond acceptors (Lipinski definition) is 6. The second-order valence-electron chi connectivity index (χ2n) is 4.48. The van der Waals surface area contributed by atoms with Crippen molar-refractivity contribution >= 4 is 5.96 Å². The van der Waals surface area contributed by atoms with Crippen LogP contribution in [0.5, 0.6) is 0 Å². The number of hydrogen-bond donors (Lipinski definition) is 2. The Morgan fingerprint density at radius 3 is 3.00 bits per heavy atom. The molecule has 0 aromatic carbocycles. The van der Waals surface area contributed by atoms with Crippen molar-refractivity contribution in [3.63, 3.8) is 0 Å². The number of aliphatic hydroxyl groups excluding tert-OH is 1. The Morgan fingerprint density at radius 2 is 2.29 bits per heavy atom. The van der Waals surface area contributed by atoms with E-state index in [1.165, 1.54) is 12.8 Å². The molecule has 0 spiro atoms. The summed E-state index contributed by atoms with van der Waals surface area (Å²) in [5.74, 6) is 0.620. The number of nitrogens with zero attached hydrogens (tertiary/aromatic N) is 5. The Balaban J connectivity index is 1.78. The van der Waals surface area contributed by atoms with Crippen molar-refractivity contribution in [3.05, 3.63) is 11.9 Å². The zero-order chi connectivity index (χ0) is 11.8. The van der Waals surface area contributed by atoms with E-state index in [-0.39, 0.29) is 12.6 Å². The zero-order valence-electron chi connectivity index (χ0n) is 9.53. The summed E-state index contributed by atoms with van der Waals surface area (Å²) in [4.78, 5) is 6.43. The third-order valence-corrected chi connectivity index (χ3v) is 3.19. The van der Waals surface area contributed by atoms with Gasteiger partial charge in [-0.3, -0.25) is 4.99 Å². The number of guanidine groups is 1. The summed E-state index contributed by atoms with van der Waals surface area (Å²) < 4.78 is 1.65. The minimum Gasteiger partial charge on any atom is -0.394 e. The predicted octanol–water partition coefficient (Wildman–Crippen LogP) is -0.896. The highest BCUT2D eigenvalue weighted by molar-refractivity contribution is 5.81. The fourth-order valence-electron chi connectivity index (χ4n) is 2.22. The standard InChI is InChI=1S/C10H16N6O/c11-10-12-5-9(16(10)7-1-2-7)8-6-15(3-4-17)14-13-8/h6-7,9,17H,1-5H2,(H2,11,12). The van der Waals surface area contributed by atoms with E-state index < -0.39 is 0 Å². The molecule has 0 saturated heterocycles. The van der Waals surface area contributed by atoms with Gasteiger partial charge < -0.3 is 15.7 Å². The molecule has 0 bridgehead atoms. The summed E-state index contributed by atoms with van der Waals surface area (Å²) >= 11 is 0. The van der Waals surface area contributed by atoms with Crippen LogP contribution in [0.3, 0.4) is 0 Å². The second-order valence-corrected chi connectivity index (χ2v) is 4.48. The molecule has 2 aliphatic rings. The Bertz CT molecular complexity index is 438. The molecule has 1 saturated carbocycles. The van der Waals surface area contributed by atoms with Crippen LogP contribution in [0.15, 0.2) is 11.2 Å². The van der Waals surface area contributed by atoms with E-state index in [0.29, 0.717) is 25.1 Å². The van der Waals surface area contributed by atoms with Crippen LogP contribution in [0, 0.1) is 0 Å². The van der Waals surface area contributed by atoms with Gasteiger partial charge in [-0.2, -0.15) is 0 Å². The minimum absolute atomic E-state index is 0.0679. The van der Waals surface area contributed by atoms with Crippen LogP contribution in [-0.4, -0.2) is 50.2 Å². The van der Waals surface area contributed by atoms with Gasteiger partial charge in [0.25, 0.3) is 0 Å². The molecule has 1 fully saturated rings. The molecule has 1 aliphatic carbocycles. The van der Waals surface area contributed by atoms with Gasteiger partial charge in [0.1, 0.15) is 5.69 Å². The van der Waals surface area contributed by atoms with Gasteiger partial charge in [0.2, 0.25) is 0 Å². The Kier molecular flexibility index (Phi) is 2.47. The average molecular weight is 236 g/mol. The Morgan fingerprint density at radius 1 is 1.47 bits per heavy atom. The minimum atomic E-state index is 0.0679. The van der Waals surface area contributed by atoms with E-state index in [1.54, 1.807) is 4.68 Å². The zero-order valence-corrected chi connectivity index (χ0v) is 9.53. The molecule has 0 radical (unpaired) electrons. The van der Waals surface area contributed by atoms with Crippen molar-refractivity contribution in [1.82, 2.24) is 19.9 Å². The molecule has 92 valence electrons. The maximum Gasteiger partial charge on any atom is 0.192 e. The summed E-state index contributed by atoms with van der Waals surface area (Å²) in [6, 6.07) is 0.643. The van der Waals surface area contributed by atoms with Crippen LogP contribution in [0.4, 0.5) is 0 Å². The summed E-state index contributed by atoms with van der Waals surface area (Å²) in [6.07, 6.45) is 4.22. The Hall–Kier alpha value is -1.63. The van der Waals surface area contributed by atoms with E-state index in [1.807, 2.05) is 6.20 Å². The quantitative estimate of drug-likeness (QED) is 0.707. The van der Waals surface area contributed by atoms with Crippen molar-refractivity contribution in [2.24, 2.45) is 10.7 Å². The second kappa shape index (κ2) is 3.99. The monoisotopic (exact) mass is 236 g/mol. The molecular weight excluding hydrogens is 220 g/mol. The smallest absolute Gasteiger partial charge is 0.192 e. The lowest BCUT2D eigenvalue weighted by atomic mass is 10.2. The predicted molar refractivity (Wildman–Crippen MR) is 61.2 cm³/mol. The van der Waals surface area contributed by atoms with Crippen molar-refractivity contribution in [2.75, 3.05) is 13.2 Å². The highest BCUT2D eigenvalue weighted by Crippen LogP contribution is 2.36. The molecule has 1 unspecified atom stereocenters. The van der Waals surface area contributed by atoms with Gasteiger partial charge in [-0.1, -0.05) is 5.21 Å². The highest BCUT2D eigenvalue weighted by atomic mass is 16.3. The first-order valence-corrected chi connectivity index (χ1v) is 5.88. The lowest BCUT2D eigenvalue weighted by Gasteiger charge is -2.24. The molecular formula is C10H16N6O. The first-order chi connectivity index (χ1) is 8.29. The molecule has 1 aliphatic heterocycles. The number of aliphatic hydroxyl groups is 1. The van der Waals surface area contributed by atoms with Gasteiger partial charge in [0, 0.05) is 6.04 Å². The largest absolute Gasteiger partial charge is 0.394 e. The van der Waals surface area contributed by atoms with E-state index in [4.69, 9.17) is 10.8 Å². The molecule has 1 aromatic rings. The molecule has 7 nitrogen and oxygen atoms in total. The van der Waals surface area contributed by atoms with Crippen molar-refractivity contribution in [3.8, 4) is 0 Å². The number of aromatic nitrogens is 3. The van der Waals surface area contributed by atoms with Gasteiger partial charge in [0.15, 0.2) is 5.96 Å². The number of aliphatic imine (C=N–C) groups is 1. The van der Waals surface area contributed by atoms with Gasteiger partial charge in [-0.05, 0) is 12.8 Å². The summed E-state index contributed by atoms with van der Waals surface area (Å²) in [7, 11) is 0. The van der Waals surface area contributed by atoms with Crippen molar-refractivity contribution in [2.45, 2.75) is 31.5 Å². The van der Waals surface area contributed by atoms with E-state index in [0.717, 1.165) is 5.69 Å². The lowest BCUT2D eigenvalue weighted by molar-refractivity contribution is 0.268. The molecule has 1 aromatic heterocycles. The van der Waals surface area contributed by atoms with Gasteiger partial charge in [-0.15, -0.1) is 5.10 Å². The molecule has 0 amide bonds. The normalized spacial score (nSPS) is 24.2. The van der Waals surface area contributed by atoms with Gasteiger partial charge in [0.05, 0.1) is 31.9 Å². The van der Waals surface area contributed by atoms with Crippen LogP contribution in [0.1, 0.15) is 24.6 Å². The highest BCUT2D eigenvalue weighted by Gasteiger charge is 2.40. The van der Waals surface area contributed by atoms with Gasteiger partial charge in [-0.25, -0.2) is 4.68 Å². The molecule has 17 heavy (non-hydrogen) atoms. The summed E-state index contributed by atoms with van der Waals surface area (Å²) in [5.41, 5.74) is 6.78. The third kappa shape index (κ3) is 1.86. The van der Waals surface area contributed by atoms with Crippen LogP contribution in [0.25, 0.3) is 0 Å². The Labute approximate surface area is 98.9 Å². The van der Waals surface area contributed by atoms with Crippen LogP contribution in [-0.2, 0) is 6.54 Å². The fourth-order valence-corrected chi connectivity index (χ4v) is 2.22. The first kappa shape index (κ1) is 10.5. The maximum atomic E-state index is 8.84. The number of nitrogens with two attached hydrogens (primary N) is 1. The lowest BCUT2D eigenvalue weighted by Crippen LogP contribution is -2.37. The summed E-state index contributed by atoms with van der Waals surface area (Å²) in [6.45, 7) is 1.19. The van der Waals surface area contributed by atoms with Gasteiger partial charge >= 0.3 is 0 Å². The van der Waals surface area contributed by atoms with Crippen LogP contribution >= 0.6 is 0 Å². The molecule has 1 atom stereocenters. The molecule has 2 heterocycles. The first-order valence-electron chi connectivity index (χ1n) is 5.88. The topological polar surface area (TPSA) is 92.6 Å². The maximum absolute atomic E-state index is 8.84. The molecule has 3 N–H and O–H groups in total. The van der Waals surface area contributed by atoms with E-state index in [2.05, 4.69) is 20.2 Å². The van der Waals surface area contributed by atoms with Crippen molar-refractivity contribution in [1.29, 1.82) is 0 Å². The molecule has 3 rings (SSSR count). The summed E-state index contributed by atoms with van der Waals surface area (Å²) in [5, 5.41) is 17.0. The van der Waals surface area contributed by atoms with Crippen LogP contribution in [0.2, 0.25) is 0 Å². The fraction of sp³-hybridized carbons (Fsp3) is 0.700. The van der Waals surface area contributed by atoms with E-state index in [9.17, 15) is 0 Å². The number of rotatable bonds is 4. The SMILES string of the molecule is NC1=NCC(c2cn(CCO)nn2)N1C1CC1. The molecule has 7 heteroatoms. The van der Waals surface area contributed by atoms with E-state index >= 15 is 0 Å². The van der Waals surface area contributed by atoms with Crippen LogP contribution < -0.4 is 5.73 Å². The van der Waals surface area contributed by atoms with Crippen molar-refractivity contribution < 1.29 is 5.11 Å².